The molecule has 220 valence electrons. The number of hydrogen-bond donors (Lipinski definition) is 3. The van der Waals surface area contributed by atoms with Crippen LogP contribution in [0, 0.1) is 13.8 Å². The van der Waals surface area contributed by atoms with Gasteiger partial charge in [-0.2, -0.15) is 12.6 Å². The Hall–Kier alpha value is -2.71. The van der Waals surface area contributed by atoms with Crippen LogP contribution in [-0.4, -0.2) is 46.7 Å². The van der Waals surface area contributed by atoms with Gasteiger partial charge in [-0.25, -0.2) is 4.79 Å². The Labute approximate surface area is 249 Å². The molecule has 2 rings (SSSR count). The van der Waals surface area contributed by atoms with Gasteiger partial charge in [-0.05, 0) is 63.8 Å². The number of nitrogens with zero attached hydrogens (tertiary/aromatic N) is 1. The number of halogens is 1. The zero-order chi connectivity index (χ0) is 29.9. The maximum absolute atomic E-state index is 14.1. The van der Waals surface area contributed by atoms with Crippen LogP contribution in [0.5, 0.6) is 0 Å². The fraction of sp³-hybridized carbons (Fsp3) is 0.516. The Morgan fingerprint density at radius 2 is 1.62 bits per heavy atom. The van der Waals surface area contributed by atoms with Gasteiger partial charge < -0.3 is 20.3 Å². The summed E-state index contributed by atoms with van der Waals surface area (Å²) < 4.78 is 5.39. The van der Waals surface area contributed by atoms with Crippen molar-refractivity contribution in [2.45, 2.75) is 91.3 Å². The average Bonchev–Trinajstić information content (AvgIpc) is 2.88. The summed E-state index contributed by atoms with van der Waals surface area (Å²) in [7, 11) is 0. The molecule has 0 radical (unpaired) electrons. The van der Waals surface area contributed by atoms with Crippen molar-refractivity contribution in [2.75, 3.05) is 17.6 Å². The predicted octanol–water partition coefficient (Wildman–Crippen LogP) is 7.26. The van der Waals surface area contributed by atoms with Crippen LogP contribution < -0.4 is 10.6 Å². The van der Waals surface area contributed by atoms with Crippen molar-refractivity contribution in [1.29, 1.82) is 0 Å². The lowest BCUT2D eigenvalue weighted by molar-refractivity contribution is -0.140. The molecule has 40 heavy (non-hydrogen) atoms. The maximum atomic E-state index is 14.1. The minimum absolute atomic E-state index is 0.0378. The molecule has 7 nitrogen and oxygen atoms in total. The Bertz CT molecular complexity index is 1130. The van der Waals surface area contributed by atoms with Crippen molar-refractivity contribution in [2.24, 2.45) is 0 Å². The molecule has 0 fully saturated rings. The summed E-state index contributed by atoms with van der Waals surface area (Å²) in [5.41, 5.74) is 2.14. The SMILES string of the molecule is CCCCCCCN(C(=O)C(CS)NC(=O)OC(C)(C)C)C(C(=O)Nc1c(C)cccc1Cl)c1ccccc1C. The number of ether oxygens (including phenoxy) is 1. The number of nitrogens with one attached hydrogen (secondary N) is 2. The topological polar surface area (TPSA) is 87.7 Å². The summed E-state index contributed by atoms with van der Waals surface area (Å²) in [4.78, 5) is 42.4. The first-order valence-electron chi connectivity index (χ1n) is 13.9. The molecule has 0 saturated carbocycles. The molecule has 0 aliphatic rings. The largest absolute Gasteiger partial charge is 0.444 e. The molecule has 3 amide bonds. The molecule has 9 heteroatoms. The summed E-state index contributed by atoms with van der Waals surface area (Å²) in [6.45, 7) is 11.5. The molecule has 0 aliphatic heterocycles. The number of benzene rings is 2. The molecule has 2 atom stereocenters. The van der Waals surface area contributed by atoms with Crippen molar-refractivity contribution in [3.8, 4) is 0 Å². The number of amides is 3. The number of hydrogen-bond acceptors (Lipinski definition) is 5. The van der Waals surface area contributed by atoms with Crippen LogP contribution in [-0.2, 0) is 14.3 Å². The van der Waals surface area contributed by atoms with Gasteiger partial charge in [0.25, 0.3) is 5.91 Å². The van der Waals surface area contributed by atoms with Crippen molar-refractivity contribution in [1.82, 2.24) is 10.2 Å². The minimum atomic E-state index is -0.991. The molecule has 0 saturated heterocycles. The smallest absolute Gasteiger partial charge is 0.408 e. The molecule has 2 unspecified atom stereocenters. The quantitative estimate of drug-likeness (QED) is 0.169. The van der Waals surface area contributed by atoms with Gasteiger partial charge in [0.1, 0.15) is 17.7 Å². The van der Waals surface area contributed by atoms with E-state index in [1.165, 1.54) is 0 Å². The van der Waals surface area contributed by atoms with Crippen molar-refractivity contribution >= 4 is 47.8 Å². The standard InChI is InChI=1S/C31H44ClN3O4S/c1-7-8-9-10-13-19-35(29(37)25(20-40)33-30(38)39-31(4,5)6)27(23-17-12-11-15-21(23)2)28(36)34-26-22(3)16-14-18-24(26)32/h11-12,14-18,25,27,40H,7-10,13,19-20H2,1-6H3,(H,33,38)(H,34,36). The molecule has 2 aromatic rings. The first-order chi connectivity index (χ1) is 18.9. The van der Waals surface area contributed by atoms with Crippen LogP contribution in [0.2, 0.25) is 5.02 Å². The fourth-order valence-electron chi connectivity index (χ4n) is 4.41. The fourth-order valence-corrected chi connectivity index (χ4v) is 4.93. The van der Waals surface area contributed by atoms with E-state index in [9.17, 15) is 14.4 Å². The molecule has 0 bridgehead atoms. The molecular weight excluding hydrogens is 546 g/mol. The van der Waals surface area contributed by atoms with Crippen LogP contribution >= 0.6 is 24.2 Å². The molecule has 0 aromatic heterocycles. The van der Waals surface area contributed by atoms with E-state index in [2.05, 4.69) is 30.2 Å². The molecule has 2 N–H and O–H groups in total. The van der Waals surface area contributed by atoms with E-state index in [0.717, 1.165) is 36.8 Å². The third-order valence-corrected chi connectivity index (χ3v) is 7.15. The lowest BCUT2D eigenvalue weighted by atomic mass is 9.97. The number of carbonyl (C=O) groups excluding carboxylic acids is 3. The molecular formula is C31H44ClN3O4S. The minimum Gasteiger partial charge on any atom is -0.444 e. The van der Waals surface area contributed by atoms with Gasteiger partial charge in [0, 0.05) is 12.3 Å². The van der Waals surface area contributed by atoms with E-state index in [1.54, 1.807) is 31.7 Å². The van der Waals surface area contributed by atoms with Crippen LogP contribution in [0.25, 0.3) is 0 Å². The number of para-hydroxylation sites is 1. The number of anilines is 1. The molecule has 2 aromatic carbocycles. The van der Waals surface area contributed by atoms with Crippen molar-refractivity contribution < 1.29 is 19.1 Å². The number of carbonyl (C=O) groups is 3. The lowest BCUT2D eigenvalue weighted by Crippen LogP contribution is -2.53. The molecule has 0 spiro atoms. The first-order valence-corrected chi connectivity index (χ1v) is 14.9. The van der Waals surface area contributed by atoms with E-state index in [1.807, 2.05) is 50.2 Å². The third-order valence-electron chi connectivity index (χ3n) is 6.47. The third kappa shape index (κ3) is 10.0. The summed E-state index contributed by atoms with van der Waals surface area (Å²) in [6, 6.07) is 11.0. The normalized spacial score (nSPS) is 12.8. The zero-order valence-electron chi connectivity index (χ0n) is 24.6. The van der Waals surface area contributed by atoms with Gasteiger partial charge in [0.15, 0.2) is 0 Å². The second-order valence-electron chi connectivity index (χ2n) is 11.0. The van der Waals surface area contributed by atoms with E-state index in [0.29, 0.717) is 29.2 Å². The Morgan fingerprint density at radius 1 is 0.975 bits per heavy atom. The number of rotatable bonds is 13. The first kappa shape index (κ1) is 33.5. The highest BCUT2D eigenvalue weighted by molar-refractivity contribution is 7.80. The summed E-state index contributed by atoms with van der Waals surface area (Å²) >= 11 is 10.8. The second-order valence-corrected chi connectivity index (χ2v) is 11.8. The monoisotopic (exact) mass is 589 g/mol. The number of thiol groups is 1. The highest BCUT2D eigenvalue weighted by Crippen LogP contribution is 2.31. The van der Waals surface area contributed by atoms with E-state index >= 15 is 0 Å². The maximum Gasteiger partial charge on any atom is 0.408 e. The second kappa shape index (κ2) is 15.9. The highest BCUT2D eigenvalue weighted by Gasteiger charge is 2.36. The zero-order valence-corrected chi connectivity index (χ0v) is 26.2. The van der Waals surface area contributed by atoms with E-state index < -0.39 is 29.7 Å². The van der Waals surface area contributed by atoms with Gasteiger partial charge in [0.05, 0.1) is 10.7 Å². The van der Waals surface area contributed by atoms with Gasteiger partial charge >= 0.3 is 6.09 Å². The molecule has 0 aliphatic carbocycles. The van der Waals surface area contributed by atoms with Crippen molar-refractivity contribution in [3.05, 3.63) is 64.2 Å². The summed E-state index contributed by atoms with van der Waals surface area (Å²) in [5, 5.41) is 6.05. The molecule has 0 heterocycles. The van der Waals surface area contributed by atoms with Gasteiger partial charge in [-0.3, -0.25) is 9.59 Å². The van der Waals surface area contributed by atoms with Crippen LogP contribution in [0.15, 0.2) is 42.5 Å². The average molecular weight is 590 g/mol. The van der Waals surface area contributed by atoms with Crippen LogP contribution in [0.1, 0.15) is 82.5 Å². The number of alkyl carbamates (subject to hydrolysis) is 1. The lowest BCUT2D eigenvalue weighted by Gasteiger charge is -2.35. The summed E-state index contributed by atoms with van der Waals surface area (Å²) in [6.07, 6.45) is 4.12. The number of unbranched alkanes of at least 4 members (excludes halogenated alkanes) is 4. The number of aryl methyl sites for hydroxylation is 2. The van der Waals surface area contributed by atoms with Gasteiger partial charge in [-0.15, -0.1) is 0 Å². The van der Waals surface area contributed by atoms with E-state index in [4.69, 9.17) is 16.3 Å². The summed E-state index contributed by atoms with van der Waals surface area (Å²) in [5.74, 6) is -0.755. The van der Waals surface area contributed by atoms with Crippen LogP contribution in [0.4, 0.5) is 10.5 Å². The van der Waals surface area contributed by atoms with E-state index in [-0.39, 0.29) is 11.7 Å². The Morgan fingerprint density at radius 3 is 2.23 bits per heavy atom. The Balaban J connectivity index is 2.52. The highest BCUT2D eigenvalue weighted by atomic mass is 35.5. The predicted molar refractivity (Wildman–Crippen MR) is 166 cm³/mol. The van der Waals surface area contributed by atoms with Gasteiger partial charge in [-0.1, -0.05) is 80.6 Å². The van der Waals surface area contributed by atoms with Crippen molar-refractivity contribution in [3.63, 3.8) is 0 Å². The van der Waals surface area contributed by atoms with Gasteiger partial charge in [0.2, 0.25) is 5.91 Å². The Kier molecular flexibility index (Phi) is 13.3. The van der Waals surface area contributed by atoms with Crippen LogP contribution in [0.3, 0.4) is 0 Å².